The Bertz CT molecular complexity index is 1220. The van der Waals surface area contributed by atoms with Crippen LogP contribution >= 0.6 is 0 Å². The monoisotopic (exact) mass is 500 g/mol. The first kappa shape index (κ1) is 23.8. The van der Waals surface area contributed by atoms with Gasteiger partial charge in [0, 0.05) is 24.7 Å². The van der Waals surface area contributed by atoms with Crippen LogP contribution in [0.1, 0.15) is 70.7 Å². The molecule has 1 saturated heterocycles. The van der Waals surface area contributed by atoms with Gasteiger partial charge < -0.3 is 9.64 Å². The van der Waals surface area contributed by atoms with Crippen molar-refractivity contribution in [3.05, 3.63) is 65.0 Å². The number of sulfonamides is 1. The topological polar surface area (TPSA) is 92.8 Å². The van der Waals surface area contributed by atoms with Gasteiger partial charge in [0.1, 0.15) is 11.6 Å². The summed E-state index contributed by atoms with van der Waals surface area (Å²) in [5.41, 5.74) is 1.16. The van der Waals surface area contributed by atoms with Crippen molar-refractivity contribution in [2.75, 3.05) is 19.7 Å². The molecule has 2 amide bonds. The number of hydrogen-bond donors (Lipinski definition) is 1. The van der Waals surface area contributed by atoms with Crippen LogP contribution in [-0.4, -0.2) is 50.1 Å². The summed E-state index contributed by atoms with van der Waals surface area (Å²) in [6.07, 6.45) is 4.46. The molecule has 0 atom stereocenters. The molecule has 2 saturated carbocycles. The molecule has 1 heterocycles. The van der Waals surface area contributed by atoms with Gasteiger partial charge in [-0.25, -0.2) is 17.5 Å². The molecule has 0 aromatic heterocycles. The second-order valence-electron chi connectivity index (χ2n) is 9.73. The van der Waals surface area contributed by atoms with Gasteiger partial charge in [0.25, 0.3) is 11.8 Å². The van der Waals surface area contributed by atoms with Gasteiger partial charge >= 0.3 is 0 Å². The zero-order chi connectivity index (χ0) is 24.6. The lowest BCUT2D eigenvalue weighted by Gasteiger charge is -2.32. The Hall–Kier alpha value is -2.94. The smallest absolute Gasteiger partial charge is 0.267 e. The maximum atomic E-state index is 14.8. The molecule has 3 aliphatic rings. The maximum Gasteiger partial charge on any atom is 0.267 e. The Balaban J connectivity index is 1.21. The van der Waals surface area contributed by atoms with Crippen LogP contribution in [0.3, 0.4) is 0 Å². The number of piperidine rings is 1. The van der Waals surface area contributed by atoms with E-state index in [1.54, 1.807) is 0 Å². The minimum atomic E-state index is -3.76. The molecule has 2 aromatic rings. The lowest BCUT2D eigenvalue weighted by atomic mass is 9.97. The summed E-state index contributed by atoms with van der Waals surface area (Å²) in [4.78, 5) is 27.0. The fourth-order valence-electron chi connectivity index (χ4n) is 4.50. The van der Waals surface area contributed by atoms with Crippen molar-refractivity contribution < 1.29 is 27.1 Å². The predicted molar refractivity (Wildman–Crippen MR) is 128 cm³/mol. The number of rotatable bonds is 8. The SMILES string of the molecule is O=C(NS(=O)(=O)C1CC1)c1cc(C2CC2)c(OCC2CCN(C(=O)c3ccccc3)CC2)cc1F. The third kappa shape index (κ3) is 5.50. The van der Waals surface area contributed by atoms with Crippen molar-refractivity contribution in [3.8, 4) is 5.75 Å². The zero-order valence-electron chi connectivity index (χ0n) is 19.4. The number of amides is 2. The van der Waals surface area contributed by atoms with E-state index in [1.165, 1.54) is 12.1 Å². The van der Waals surface area contributed by atoms with Gasteiger partial charge in [0.05, 0.1) is 17.4 Å². The summed E-state index contributed by atoms with van der Waals surface area (Å²) in [6, 6.07) is 11.9. The molecule has 2 aromatic carbocycles. The van der Waals surface area contributed by atoms with Crippen molar-refractivity contribution in [2.45, 2.75) is 49.7 Å². The molecule has 9 heteroatoms. The van der Waals surface area contributed by atoms with Gasteiger partial charge in [-0.05, 0) is 74.1 Å². The fraction of sp³-hybridized carbons (Fsp3) is 0.462. The van der Waals surface area contributed by atoms with Crippen LogP contribution in [0.5, 0.6) is 5.75 Å². The van der Waals surface area contributed by atoms with Crippen LogP contribution in [0.4, 0.5) is 4.39 Å². The second-order valence-corrected chi connectivity index (χ2v) is 11.7. The summed E-state index contributed by atoms with van der Waals surface area (Å²) in [7, 11) is -3.76. The molecule has 1 aliphatic heterocycles. The average molecular weight is 501 g/mol. The van der Waals surface area contributed by atoms with Gasteiger partial charge in [-0.3, -0.25) is 9.59 Å². The van der Waals surface area contributed by atoms with Crippen LogP contribution in [0.25, 0.3) is 0 Å². The number of ether oxygens (including phenoxy) is 1. The third-order valence-corrected chi connectivity index (χ3v) is 8.78. The Labute approximate surface area is 204 Å². The van der Waals surface area contributed by atoms with Gasteiger partial charge in [-0.2, -0.15) is 0 Å². The Kier molecular flexibility index (Phi) is 6.53. The minimum Gasteiger partial charge on any atom is -0.493 e. The summed E-state index contributed by atoms with van der Waals surface area (Å²) in [6.45, 7) is 1.68. The standard InChI is InChI=1S/C26H29FN2O5S/c27-23-15-24(21(18-6-7-18)14-22(23)25(30)28-35(32,33)20-8-9-20)34-16-17-10-12-29(13-11-17)26(31)19-4-2-1-3-5-19/h1-5,14-15,17-18,20H,6-13,16H2,(H,28,30). The van der Waals surface area contributed by atoms with E-state index in [2.05, 4.69) is 0 Å². The first-order valence-corrected chi connectivity index (χ1v) is 13.7. The first-order chi connectivity index (χ1) is 16.8. The van der Waals surface area contributed by atoms with E-state index in [1.807, 2.05) is 40.0 Å². The highest BCUT2D eigenvalue weighted by molar-refractivity contribution is 7.91. The number of nitrogens with one attached hydrogen (secondary N) is 1. The molecule has 3 fully saturated rings. The van der Waals surface area contributed by atoms with E-state index in [4.69, 9.17) is 4.74 Å². The van der Waals surface area contributed by atoms with Gasteiger partial charge in [-0.15, -0.1) is 0 Å². The second kappa shape index (κ2) is 9.60. The molecule has 0 bridgehead atoms. The molecule has 186 valence electrons. The van der Waals surface area contributed by atoms with Crippen molar-refractivity contribution in [2.24, 2.45) is 5.92 Å². The average Bonchev–Trinajstić information content (AvgIpc) is 3.75. The molecule has 35 heavy (non-hydrogen) atoms. The van der Waals surface area contributed by atoms with Crippen molar-refractivity contribution >= 4 is 21.8 Å². The fourth-order valence-corrected chi connectivity index (χ4v) is 5.80. The van der Waals surface area contributed by atoms with Crippen molar-refractivity contribution in [3.63, 3.8) is 0 Å². The molecular weight excluding hydrogens is 471 g/mol. The highest BCUT2D eigenvalue weighted by atomic mass is 32.2. The Morgan fingerprint density at radius 3 is 2.31 bits per heavy atom. The lowest BCUT2D eigenvalue weighted by Crippen LogP contribution is -2.39. The van der Waals surface area contributed by atoms with Crippen molar-refractivity contribution in [1.29, 1.82) is 0 Å². The van der Waals surface area contributed by atoms with Gasteiger partial charge in [-0.1, -0.05) is 18.2 Å². The summed E-state index contributed by atoms with van der Waals surface area (Å²) < 4.78 is 47.1. The largest absolute Gasteiger partial charge is 0.493 e. The van der Waals surface area contributed by atoms with Crippen LogP contribution < -0.4 is 9.46 Å². The molecule has 0 radical (unpaired) electrons. The van der Waals surface area contributed by atoms with Gasteiger partial charge in [0.15, 0.2) is 0 Å². The summed E-state index contributed by atoms with van der Waals surface area (Å²) >= 11 is 0. The quantitative estimate of drug-likeness (QED) is 0.594. The van der Waals surface area contributed by atoms with Gasteiger partial charge in [0.2, 0.25) is 10.0 Å². The number of carbonyl (C=O) groups is 2. The molecule has 1 N–H and O–H groups in total. The molecule has 7 nitrogen and oxygen atoms in total. The number of nitrogens with zero attached hydrogens (tertiary/aromatic N) is 1. The number of carbonyl (C=O) groups excluding carboxylic acids is 2. The van der Waals surface area contributed by atoms with E-state index in [0.717, 1.165) is 31.2 Å². The zero-order valence-corrected chi connectivity index (χ0v) is 20.2. The molecular formula is C26H29FN2O5S. The molecule has 2 aliphatic carbocycles. The van der Waals surface area contributed by atoms with Crippen LogP contribution in [-0.2, 0) is 10.0 Å². The van der Waals surface area contributed by atoms with Crippen molar-refractivity contribution in [1.82, 2.24) is 9.62 Å². The first-order valence-electron chi connectivity index (χ1n) is 12.2. The maximum absolute atomic E-state index is 14.8. The highest BCUT2D eigenvalue weighted by Gasteiger charge is 2.38. The molecule has 5 rings (SSSR count). The number of halogens is 1. The number of hydrogen-bond acceptors (Lipinski definition) is 5. The Morgan fingerprint density at radius 1 is 1.00 bits per heavy atom. The van der Waals surface area contributed by atoms with E-state index in [9.17, 15) is 22.4 Å². The highest BCUT2D eigenvalue weighted by Crippen LogP contribution is 2.45. The minimum absolute atomic E-state index is 0.0284. The van der Waals surface area contributed by atoms with Crippen LogP contribution in [0, 0.1) is 11.7 Å². The molecule has 0 spiro atoms. The summed E-state index contributed by atoms with van der Waals surface area (Å²) in [5.74, 6) is -0.872. The van der Waals surface area contributed by atoms with E-state index in [-0.39, 0.29) is 23.3 Å². The summed E-state index contributed by atoms with van der Waals surface area (Å²) in [5, 5.41) is -0.561. The normalized spacial score (nSPS) is 18.8. The predicted octanol–water partition coefficient (Wildman–Crippen LogP) is 3.86. The van der Waals surface area contributed by atoms with E-state index < -0.39 is 27.0 Å². The third-order valence-electron chi connectivity index (χ3n) is 6.96. The van der Waals surface area contributed by atoms with E-state index in [0.29, 0.717) is 43.9 Å². The van der Waals surface area contributed by atoms with Crippen LogP contribution in [0.15, 0.2) is 42.5 Å². The number of likely N-dealkylation sites (tertiary alicyclic amines) is 1. The Morgan fingerprint density at radius 2 is 1.69 bits per heavy atom. The number of benzene rings is 2. The van der Waals surface area contributed by atoms with E-state index >= 15 is 0 Å². The molecule has 0 unspecified atom stereocenters. The van der Waals surface area contributed by atoms with Crippen LogP contribution in [0.2, 0.25) is 0 Å². The lowest BCUT2D eigenvalue weighted by molar-refractivity contribution is 0.0660.